The summed E-state index contributed by atoms with van der Waals surface area (Å²) in [6, 6.07) is 17.3. The van der Waals surface area contributed by atoms with Crippen LogP contribution in [0, 0.1) is 5.41 Å². The average Bonchev–Trinajstić information content (AvgIpc) is 2.94. The average molecular weight is 396 g/mol. The zero-order valence-electron chi connectivity index (χ0n) is 16.6. The van der Waals surface area contributed by atoms with Gasteiger partial charge in [-0.15, -0.1) is 0 Å². The number of nitrogens with one attached hydrogen (secondary N) is 3. The number of hydrogen-bond donors (Lipinski definition) is 6. The molecule has 2 aliphatic rings. The highest BCUT2D eigenvalue weighted by Gasteiger charge is 2.45. The van der Waals surface area contributed by atoms with E-state index in [4.69, 9.17) is 22.0 Å². The number of aliphatic carboxylic acids is 1. The van der Waals surface area contributed by atoms with E-state index < -0.39 is 12.0 Å². The summed E-state index contributed by atoms with van der Waals surface area (Å²) in [4.78, 5) is 10.2. The first kappa shape index (κ1) is 20.8. The van der Waals surface area contributed by atoms with Crippen molar-refractivity contribution in [1.29, 1.82) is 5.41 Å². The molecule has 0 amide bonds. The van der Waals surface area contributed by atoms with Crippen molar-refractivity contribution in [2.45, 2.75) is 43.8 Å². The highest BCUT2D eigenvalue weighted by molar-refractivity contribution is 5.74. The van der Waals surface area contributed by atoms with Crippen molar-refractivity contribution in [2.24, 2.45) is 11.5 Å². The van der Waals surface area contributed by atoms with Crippen molar-refractivity contribution >= 4 is 11.9 Å². The third-order valence-electron chi connectivity index (χ3n) is 5.64. The summed E-state index contributed by atoms with van der Waals surface area (Å²) >= 11 is 0. The minimum atomic E-state index is -1.00. The zero-order valence-corrected chi connectivity index (χ0v) is 16.6. The topological polar surface area (TPSA) is 137 Å². The van der Waals surface area contributed by atoms with Gasteiger partial charge in [0.15, 0.2) is 5.96 Å². The minimum Gasteiger partial charge on any atom is -0.480 e. The maximum Gasteiger partial charge on any atom is 0.320 e. The van der Waals surface area contributed by atoms with Crippen LogP contribution in [0.25, 0.3) is 0 Å². The molecule has 2 aromatic rings. The van der Waals surface area contributed by atoms with E-state index in [1.165, 1.54) is 22.3 Å². The van der Waals surface area contributed by atoms with Gasteiger partial charge in [-0.3, -0.25) is 15.5 Å². The van der Waals surface area contributed by atoms with E-state index in [-0.39, 0.29) is 11.5 Å². The summed E-state index contributed by atoms with van der Waals surface area (Å²) in [5.41, 5.74) is 16.1. The van der Waals surface area contributed by atoms with Crippen LogP contribution in [0.5, 0.6) is 0 Å². The van der Waals surface area contributed by atoms with E-state index in [9.17, 15) is 4.79 Å². The number of carbonyl (C=O) groups is 1. The fourth-order valence-corrected chi connectivity index (χ4v) is 4.22. The molecule has 2 bridgehead atoms. The second kappa shape index (κ2) is 8.63. The summed E-state index contributed by atoms with van der Waals surface area (Å²) in [5.74, 6) is -1.11. The number of rotatable bonds is 5. The molecule has 0 aliphatic carbocycles. The van der Waals surface area contributed by atoms with Crippen molar-refractivity contribution in [1.82, 2.24) is 10.6 Å². The molecule has 2 aromatic carbocycles. The molecule has 154 valence electrons. The van der Waals surface area contributed by atoms with E-state index in [0.717, 1.165) is 6.42 Å². The molecule has 7 heteroatoms. The second-order valence-electron chi connectivity index (χ2n) is 7.70. The molecule has 8 N–H and O–H groups in total. The van der Waals surface area contributed by atoms with Crippen LogP contribution in [0.2, 0.25) is 0 Å². The largest absolute Gasteiger partial charge is 0.480 e. The fourth-order valence-electron chi connectivity index (χ4n) is 4.22. The lowest BCUT2D eigenvalue weighted by molar-refractivity contribution is -0.138. The molecule has 0 aromatic heterocycles. The molecule has 0 saturated carbocycles. The number of carboxylic acid groups (broad SMARTS) is 1. The molecule has 2 heterocycles. The number of fused-ring (bicyclic) bond motifs is 7. The Morgan fingerprint density at radius 3 is 2.62 bits per heavy atom. The molecule has 4 rings (SSSR count). The first-order valence-electron chi connectivity index (χ1n) is 9.84. The highest BCUT2D eigenvalue weighted by atomic mass is 16.4. The van der Waals surface area contributed by atoms with Crippen LogP contribution in [-0.4, -0.2) is 29.6 Å². The Balaban J connectivity index is 0.000000179. The van der Waals surface area contributed by atoms with Crippen molar-refractivity contribution < 1.29 is 9.90 Å². The van der Waals surface area contributed by atoms with Gasteiger partial charge in [0.1, 0.15) is 6.04 Å². The Morgan fingerprint density at radius 2 is 1.93 bits per heavy atom. The highest BCUT2D eigenvalue weighted by Crippen LogP contribution is 2.47. The van der Waals surface area contributed by atoms with Gasteiger partial charge in [-0.25, -0.2) is 0 Å². The van der Waals surface area contributed by atoms with Crippen molar-refractivity contribution in [3.63, 3.8) is 0 Å². The van der Waals surface area contributed by atoms with E-state index in [0.29, 0.717) is 25.4 Å². The monoisotopic (exact) mass is 395 g/mol. The summed E-state index contributed by atoms with van der Waals surface area (Å²) in [6.07, 6.45) is 2.09. The Labute approximate surface area is 171 Å². The smallest absolute Gasteiger partial charge is 0.320 e. The van der Waals surface area contributed by atoms with Crippen LogP contribution >= 0.6 is 0 Å². The molecule has 0 unspecified atom stereocenters. The molecule has 7 nitrogen and oxygen atoms in total. The van der Waals surface area contributed by atoms with Crippen molar-refractivity contribution in [3.8, 4) is 0 Å². The van der Waals surface area contributed by atoms with Crippen molar-refractivity contribution in [3.05, 3.63) is 70.8 Å². The number of guanidine groups is 1. The molecule has 29 heavy (non-hydrogen) atoms. The third kappa shape index (κ3) is 4.41. The molecular weight excluding hydrogens is 366 g/mol. The zero-order chi connectivity index (χ0) is 21.0. The summed E-state index contributed by atoms with van der Waals surface area (Å²) < 4.78 is 0. The van der Waals surface area contributed by atoms with Gasteiger partial charge in [0.2, 0.25) is 0 Å². The molecule has 0 fully saturated rings. The first-order valence-corrected chi connectivity index (χ1v) is 9.84. The lowest BCUT2D eigenvalue weighted by Crippen LogP contribution is -2.41. The molecule has 2 aliphatic heterocycles. The second-order valence-corrected chi connectivity index (χ2v) is 7.70. The van der Waals surface area contributed by atoms with Gasteiger partial charge < -0.3 is 21.9 Å². The van der Waals surface area contributed by atoms with Crippen molar-refractivity contribution in [2.75, 3.05) is 6.54 Å². The molecule has 0 spiro atoms. The van der Waals surface area contributed by atoms with E-state index in [1.807, 2.05) is 0 Å². The third-order valence-corrected chi connectivity index (χ3v) is 5.64. The summed E-state index contributed by atoms with van der Waals surface area (Å²) in [7, 11) is 0. The van der Waals surface area contributed by atoms with Gasteiger partial charge in [-0.1, -0.05) is 48.5 Å². The van der Waals surface area contributed by atoms with Gasteiger partial charge in [0.05, 0.1) is 5.54 Å². The molecule has 0 saturated heterocycles. The predicted octanol–water partition coefficient (Wildman–Crippen LogP) is 1.81. The summed E-state index contributed by atoms with van der Waals surface area (Å²) in [6.45, 7) is 2.79. The fraction of sp³-hybridized carbons (Fsp3) is 0.364. The Bertz CT molecular complexity index is 887. The summed E-state index contributed by atoms with van der Waals surface area (Å²) in [5, 5.41) is 21.5. The predicted molar refractivity (Wildman–Crippen MR) is 114 cm³/mol. The van der Waals surface area contributed by atoms with Crippen LogP contribution in [0.3, 0.4) is 0 Å². The maximum absolute atomic E-state index is 10.2. The van der Waals surface area contributed by atoms with E-state index in [2.05, 4.69) is 66.1 Å². The van der Waals surface area contributed by atoms with Gasteiger partial charge >= 0.3 is 5.97 Å². The van der Waals surface area contributed by atoms with Crippen LogP contribution in [0.4, 0.5) is 0 Å². The van der Waals surface area contributed by atoms with Crippen LogP contribution in [-0.2, 0) is 16.8 Å². The quantitative estimate of drug-likeness (QED) is 0.259. The van der Waals surface area contributed by atoms with Crippen LogP contribution in [0.1, 0.15) is 48.1 Å². The van der Waals surface area contributed by atoms with Gasteiger partial charge in [-0.05, 0) is 48.4 Å². The Morgan fingerprint density at radius 1 is 1.28 bits per heavy atom. The number of benzene rings is 2. The standard InChI is InChI=1S/C16H15N.C6H14N4O2/c1-16-13-8-4-2-6-11(13)10-15(17-16)12-7-3-5-9-14(12)16;7-4(5(11)12)2-1-3-10-6(8)9/h2-9,15,17H,10H2,1H3;4H,1-3,7H2,(H,11,12)(H4,8,9,10)/t15-,16+;4-/m10/s1. The minimum absolute atomic E-state index is 0.0100. The van der Waals surface area contributed by atoms with Gasteiger partial charge in [-0.2, -0.15) is 0 Å². The van der Waals surface area contributed by atoms with Crippen LogP contribution < -0.4 is 22.1 Å². The lowest BCUT2D eigenvalue weighted by atomic mass is 9.82. The maximum atomic E-state index is 10.2. The molecular formula is C22H29N5O2. The number of nitrogens with two attached hydrogens (primary N) is 2. The first-order chi connectivity index (χ1) is 13.8. The normalized spacial score (nSPS) is 21.8. The van der Waals surface area contributed by atoms with E-state index >= 15 is 0 Å². The lowest BCUT2D eigenvalue weighted by Gasteiger charge is -2.34. The molecule has 0 radical (unpaired) electrons. The molecule has 3 atom stereocenters. The number of hydrogen-bond acceptors (Lipinski definition) is 4. The Kier molecular flexibility index (Phi) is 6.20. The van der Waals surface area contributed by atoms with E-state index in [1.54, 1.807) is 0 Å². The van der Waals surface area contributed by atoms with Crippen LogP contribution in [0.15, 0.2) is 48.5 Å². The van der Waals surface area contributed by atoms with Gasteiger partial charge in [0.25, 0.3) is 0 Å². The SMILES string of the molecule is C[C@]12N[C@H](Cc3ccccc31)c1ccccc12.N=C(N)NCCC[C@H](N)C(=O)O. The number of carboxylic acids is 1. The van der Waals surface area contributed by atoms with Gasteiger partial charge in [0, 0.05) is 12.6 Å². The Hall–Kier alpha value is -2.90.